The van der Waals surface area contributed by atoms with E-state index in [0.29, 0.717) is 28.1 Å². The maximum Gasteiger partial charge on any atom is 0.256 e. The number of carbonyl (C=O) groups excluding carboxylic acids is 1. The molecule has 1 saturated heterocycles. The van der Waals surface area contributed by atoms with Gasteiger partial charge in [0.1, 0.15) is 5.82 Å². The van der Waals surface area contributed by atoms with Gasteiger partial charge in [0.25, 0.3) is 5.91 Å². The maximum atomic E-state index is 13.6. The van der Waals surface area contributed by atoms with Crippen LogP contribution in [0.25, 0.3) is 16.7 Å². The lowest BCUT2D eigenvalue weighted by Gasteiger charge is -2.27. The third-order valence-electron chi connectivity index (χ3n) is 6.32. The summed E-state index contributed by atoms with van der Waals surface area (Å²) in [6, 6.07) is 11.2. The third kappa shape index (κ3) is 2.58. The smallest absolute Gasteiger partial charge is 0.256 e. The summed E-state index contributed by atoms with van der Waals surface area (Å²) >= 11 is 6.29. The molecule has 0 radical (unpaired) electrons. The van der Waals surface area contributed by atoms with Gasteiger partial charge in [-0.2, -0.15) is 15.0 Å². The first-order valence-electron chi connectivity index (χ1n) is 10.0. The average Bonchev–Trinajstić information content (AvgIpc) is 3.17. The molecule has 150 valence electrons. The van der Waals surface area contributed by atoms with E-state index in [2.05, 4.69) is 15.2 Å². The van der Waals surface area contributed by atoms with Gasteiger partial charge in [-0.25, -0.2) is 4.98 Å². The number of carbonyl (C=O) groups is 1. The SMILES string of the molecule is Cc1c(Cl)ccc2[nH]c([C@@H]3[C@H]4C[C@H]4CN3C(=O)c3ccccc3-n3nccn3)nc12. The second kappa shape index (κ2) is 6.40. The number of likely N-dealkylation sites (tertiary alicyclic amines) is 1. The van der Waals surface area contributed by atoms with Gasteiger partial charge in [-0.05, 0) is 55.0 Å². The van der Waals surface area contributed by atoms with Crippen LogP contribution in [0.1, 0.15) is 34.2 Å². The number of nitrogens with zero attached hydrogens (tertiary/aromatic N) is 5. The Hall–Kier alpha value is -3.19. The standard InChI is InChI=1S/C22H19ClN6O/c1-12-16(23)6-7-17-19(12)27-21(26-17)20-15-10-13(15)11-28(20)22(30)14-4-2-3-5-18(14)29-24-8-9-25-29/h2-9,13,15,20H,10-11H2,1H3,(H,26,27)/t13-,15-,20-/m0/s1. The van der Waals surface area contributed by atoms with E-state index in [9.17, 15) is 4.79 Å². The lowest BCUT2D eigenvalue weighted by molar-refractivity contribution is 0.0698. The fourth-order valence-corrected chi connectivity index (χ4v) is 4.85. The van der Waals surface area contributed by atoms with Crippen LogP contribution in [0.3, 0.4) is 0 Å². The third-order valence-corrected chi connectivity index (χ3v) is 6.73. The van der Waals surface area contributed by atoms with Crippen molar-refractivity contribution in [2.45, 2.75) is 19.4 Å². The van der Waals surface area contributed by atoms with Crippen LogP contribution in [0, 0.1) is 18.8 Å². The highest BCUT2D eigenvalue weighted by Crippen LogP contribution is 2.56. The van der Waals surface area contributed by atoms with Crippen molar-refractivity contribution in [3.63, 3.8) is 0 Å². The predicted octanol–water partition coefficient (Wildman–Crippen LogP) is 3.94. The summed E-state index contributed by atoms with van der Waals surface area (Å²) in [6.45, 7) is 2.71. The number of piperidine rings is 1. The molecule has 1 aliphatic heterocycles. The molecule has 1 N–H and O–H groups in total. The number of aromatic amines is 1. The number of fused-ring (bicyclic) bond motifs is 2. The molecule has 8 heteroatoms. The molecule has 6 rings (SSSR count). The summed E-state index contributed by atoms with van der Waals surface area (Å²) < 4.78 is 0. The Morgan fingerprint density at radius 1 is 1.17 bits per heavy atom. The van der Waals surface area contributed by atoms with E-state index in [4.69, 9.17) is 16.6 Å². The number of rotatable bonds is 3. The fourth-order valence-electron chi connectivity index (χ4n) is 4.70. The summed E-state index contributed by atoms with van der Waals surface area (Å²) in [4.78, 5) is 25.4. The maximum absolute atomic E-state index is 13.6. The molecule has 2 aromatic carbocycles. The lowest BCUT2D eigenvalue weighted by atomic mass is 10.1. The lowest BCUT2D eigenvalue weighted by Crippen LogP contribution is -2.34. The second-order valence-corrected chi connectivity index (χ2v) is 8.50. The molecule has 0 bridgehead atoms. The number of nitrogens with one attached hydrogen (secondary N) is 1. The molecule has 3 atom stereocenters. The molecule has 2 fully saturated rings. The molecule has 1 amide bonds. The summed E-state index contributed by atoms with van der Waals surface area (Å²) in [6.07, 6.45) is 4.35. The Bertz CT molecular complexity index is 1280. The van der Waals surface area contributed by atoms with Crippen LogP contribution in [0.4, 0.5) is 0 Å². The zero-order valence-corrected chi connectivity index (χ0v) is 17.0. The van der Waals surface area contributed by atoms with Crippen molar-refractivity contribution in [2.24, 2.45) is 11.8 Å². The quantitative estimate of drug-likeness (QED) is 0.546. The number of imidazole rings is 1. The van der Waals surface area contributed by atoms with Gasteiger partial charge < -0.3 is 9.88 Å². The number of aromatic nitrogens is 5. The molecule has 0 unspecified atom stereocenters. The molecule has 7 nitrogen and oxygen atoms in total. The molecule has 2 aliphatic rings. The van der Waals surface area contributed by atoms with E-state index in [1.807, 2.05) is 48.2 Å². The van der Waals surface area contributed by atoms with Gasteiger partial charge in [-0.3, -0.25) is 4.79 Å². The van der Waals surface area contributed by atoms with Crippen molar-refractivity contribution >= 4 is 28.5 Å². The summed E-state index contributed by atoms with van der Waals surface area (Å²) in [5, 5.41) is 9.11. The molecule has 1 aliphatic carbocycles. The Kier molecular flexibility index (Phi) is 3.77. The Labute approximate surface area is 177 Å². The summed E-state index contributed by atoms with van der Waals surface area (Å²) in [5.74, 6) is 1.80. The van der Waals surface area contributed by atoms with Crippen molar-refractivity contribution in [3.8, 4) is 5.69 Å². The Morgan fingerprint density at radius 3 is 2.80 bits per heavy atom. The average molecular weight is 419 g/mol. The zero-order chi connectivity index (χ0) is 20.4. The molecule has 30 heavy (non-hydrogen) atoms. The Morgan fingerprint density at radius 2 is 1.97 bits per heavy atom. The Balaban J connectivity index is 1.41. The topological polar surface area (TPSA) is 79.7 Å². The van der Waals surface area contributed by atoms with E-state index in [-0.39, 0.29) is 11.9 Å². The van der Waals surface area contributed by atoms with E-state index < -0.39 is 0 Å². The van der Waals surface area contributed by atoms with Crippen molar-refractivity contribution in [1.82, 2.24) is 29.9 Å². The first-order chi connectivity index (χ1) is 14.6. The highest BCUT2D eigenvalue weighted by atomic mass is 35.5. The summed E-state index contributed by atoms with van der Waals surface area (Å²) in [5.41, 5.74) is 4.05. The van der Waals surface area contributed by atoms with Gasteiger partial charge >= 0.3 is 0 Å². The van der Waals surface area contributed by atoms with Gasteiger partial charge in [0.15, 0.2) is 0 Å². The number of halogens is 1. The number of amides is 1. The van der Waals surface area contributed by atoms with Crippen LogP contribution >= 0.6 is 11.6 Å². The van der Waals surface area contributed by atoms with E-state index >= 15 is 0 Å². The number of aryl methyl sites for hydroxylation is 1. The molecular weight excluding hydrogens is 400 g/mol. The minimum absolute atomic E-state index is 0.0182. The number of para-hydroxylation sites is 1. The van der Waals surface area contributed by atoms with Crippen LogP contribution in [0.2, 0.25) is 5.02 Å². The molecule has 3 heterocycles. The second-order valence-electron chi connectivity index (χ2n) is 8.09. The molecule has 4 aromatic rings. The van der Waals surface area contributed by atoms with Gasteiger partial charge in [-0.15, -0.1) is 0 Å². The molecule has 0 spiro atoms. The number of hydrogen-bond donors (Lipinski definition) is 1. The zero-order valence-electron chi connectivity index (χ0n) is 16.3. The van der Waals surface area contributed by atoms with Crippen molar-refractivity contribution in [3.05, 3.63) is 70.8 Å². The van der Waals surface area contributed by atoms with Crippen LogP contribution in [-0.2, 0) is 0 Å². The van der Waals surface area contributed by atoms with Gasteiger partial charge in [0.2, 0.25) is 0 Å². The molecule has 1 saturated carbocycles. The minimum Gasteiger partial charge on any atom is -0.340 e. The highest BCUT2D eigenvalue weighted by molar-refractivity contribution is 6.32. The monoisotopic (exact) mass is 418 g/mol. The predicted molar refractivity (Wildman–Crippen MR) is 113 cm³/mol. The number of benzene rings is 2. The van der Waals surface area contributed by atoms with Crippen molar-refractivity contribution in [1.29, 1.82) is 0 Å². The van der Waals surface area contributed by atoms with E-state index in [1.54, 1.807) is 12.4 Å². The highest BCUT2D eigenvalue weighted by Gasteiger charge is 2.55. The van der Waals surface area contributed by atoms with Crippen molar-refractivity contribution in [2.75, 3.05) is 6.54 Å². The minimum atomic E-state index is -0.0632. The first kappa shape index (κ1) is 17.7. The van der Waals surface area contributed by atoms with Crippen molar-refractivity contribution < 1.29 is 4.79 Å². The molecular formula is C22H19ClN6O. The summed E-state index contributed by atoms with van der Waals surface area (Å²) in [7, 11) is 0. The van der Waals surface area contributed by atoms with Crippen LogP contribution in [0.5, 0.6) is 0 Å². The van der Waals surface area contributed by atoms with Crippen LogP contribution in [-0.4, -0.2) is 42.3 Å². The van der Waals surface area contributed by atoms with E-state index in [0.717, 1.165) is 35.4 Å². The first-order valence-corrected chi connectivity index (χ1v) is 10.4. The normalized spacial score (nSPS) is 22.5. The van der Waals surface area contributed by atoms with Gasteiger partial charge in [0, 0.05) is 11.6 Å². The van der Waals surface area contributed by atoms with Gasteiger partial charge in [0.05, 0.1) is 40.7 Å². The number of hydrogen-bond acceptors (Lipinski definition) is 4. The molecule has 2 aromatic heterocycles. The number of H-pyrrole nitrogens is 1. The van der Waals surface area contributed by atoms with Crippen LogP contribution < -0.4 is 0 Å². The fraction of sp³-hybridized carbons (Fsp3) is 0.273. The largest absolute Gasteiger partial charge is 0.340 e. The van der Waals surface area contributed by atoms with Crippen LogP contribution in [0.15, 0.2) is 48.8 Å². The van der Waals surface area contributed by atoms with E-state index in [1.165, 1.54) is 4.80 Å². The van der Waals surface area contributed by atoms with Gasteiger partial charge in [-0.1, -0.05) is 23.7 Å².